The highest BCUT2D eigenvalue weighted by Crippen LogP contribution is 2.38. The average molecular weight is 484 g/mol. The Labute approximate surface area is 207 Å². The van der Waals surface area contributed by atoms with Crippen molar-refractivity contribution in [1.29, 1.82) is 0 Å². The van der Waals surface area contributed by atoms with E-state index in [9.17, 15) is 9.59 Å². The van der Waals surface area contributed by atoms with E-state index in [0.29, 0.717) is 24.5 Å². The summed E-state index contributed by atoms with van der Waals surface area (Å²) in [6.45, 7) is 7.28. The van der Waals surface area contributed by atoms with Crippen LogP contribution in [-0.2, 0) is 11.3 Å². The summed E-state index contributed by atoms with van der Waals surface area (Å²) < 4.78 is 6.15. The highest BCUT2D eigenvalue weighted by Gasteiger charge is 2.37. The van der Waals surface area contributed by atoms with Gasteiger partial charge in [0.25, 0.3) is 5.91 Å². The maximum atomic E-state index is 13.5. The fraction of sp³-hybridized carbons (Fsp3) is 0.556. The van der Waals surface area contributed by atoms with E-state index in [4.69, 9.17) is 4.74 Å². The molecular weight excluding hydrogens is 446 g/mol. The molecule has 4 rings (SSSR count). The fourth-order valence-corrected chi connectivity index (χ4v) is 6.09. The molecule has 0 unspecified atom stereocenters. The van der Waals surface area contributed by atoms with Crippen molar-refractivity contribution in [1.82, 2.24) is 14.7 Å². The van der Waals surface area contributed by atoms with Crippen molar-refractivity contribution < 1.29 is 14.3 Å². The van der Waals surface area contributed by atoms with Gasteiger partial charge >= 0.3 is 0 Å². The smallest absolute Gasteiger partial charge is 0.257 e. The van der Waals surface area contributed by atoms with Gasteiger partial charge in [0.1, 0.15) is 12.4 Å². The lowest BCUT2D eigenvalue weighted by Crippen LogP contribution is -2.48. The van der Waals surface area contributed by atoms with Crippen LogP contribution in [0.5, 0.6) is 5.75 Å². The second-order valence-corrected chi connectivity index (χ2v) is 10.9. The number of likely N-dealkylation sites (tertiary alicyclic amines) is 1. The normalized spacial score (nSPS) is 20.5. The Kier molecular flexibility index (Phi) is 8.27. The summed E-state index contributed by atoms with van der Waals surface area (Å²) in [6.07, 6.45) is 5.22. The molecule has 0 bridgehead atoms. The van der Waals surface area contributed by atoms with Gasteiger partial charge in [0.2, 0.25) is 5.91 Å². The number of carbonyl (C=O) groups excluding carboxylic acids is 2. The summed E-state index contributed by atoms with van der Waals surface area (Å²) >= 11 is 1.80. The molecule has 2 amide bonds. The van der Waals surface area contributed by atoms with Gasteiger partial charge < -0.3 is 14.5 Å². The van der Waals surface area contributed by atoms with Gasteiger partial charge in [0.05, 0.1) is 5.56 Å². The van der Waals surface area contributed by atoms with Crippen molar-refractivity contribution in [3.63, 3.8) is 0 Å². The van der Waals surface area contributed by atoms with Crippen molar-refractivity contribution in [2.45, 2.75) is 45.6 Å². The van der Waals surface area contributed by atoms with Crippen molar-refractivity contribution >= 4 is 23.2 Å². The molecule has 2 aliphatic heterocycles. The van der Waals surface area contributed by atoms with E-state index in [-0.39, 0.29) is 17.2 Å². The van der Waals surface area contributed by atoms with Crippen molar-refractivity contribution in [2.24, 2.45) is 5.41 Å². The number of rotatable bonds is 2. The second kappa shape index (κ2) is 11.4. The molecule has 2 aromatic rings. The van der Waals surface area contributed by atoms with Crippen LogP contribution in [0.2, 0.25) is 0 Å². The van der Waals surface area contributed by atoms with Gasteiger partial charge in [-0.2, -0.15) is 0 Å². The Morgan fingerprint density at radius 3 is 2.56 bits per heavy atom. The number of benzene rings is 1. The van der Waals surface area contributed by atoms with Crippen LogP contribution in [0.1, 0.15) is 54.3 Å². The van der Waals surface area contributed by atoms with Gasteiger partial charge in [-0.15, -0.1) is 11.3 Å². The molecule has 1 fully saturated rings. The molecule has 7 heteroatoms. The first kappa shape index (κ1) is 24.7. The lowest BCUT2D eigenvalue weighted by Gasteiger charge is -2.44. The Morgan fingerprint density at radius 1 is 1.03 bits per heavy atom. The van der Waals surface area contributed by atoms with Crippen LogP contribution in [0.4, 0.5) is 0 Å². The Balaban J connectivity index is 1.54. The molecule has 3 heterocycles. The zero-order valence-electron chi connectivity index (χ0n) is 20.5. The van der Waals surface area contributed by atoms with Crippen LogP contribution in [0.3, 0.4) is 0 Å². The molecule has 1 spiro atoms. The molecule has 1 aromatic heterocycles. The topological polar surface area (TPSA) is 53.1 Å². The van der Waals surface area contributed by atoms with Crippen LogP contribution >= 0.6 is 11.3 Å². The first-order valence-electron chi connectivity index (χ1n) is 12.4. The summed E-state index contributed by atoms with van der Waals surface area (Å²) in [5, 5.41) is 2.13. The third-order valence-electron chi connectivity index (χ3n) is 7.36. The van der Waals surface area contributed by atoms with E-state index < -0.39 is 0 Å². The molecule has 0 atom stereocenters. The van der Waals surface area contributed by atoms with Gasteiger partial charge in [-0.05, 0) is 61.2 Å². The van der Waals surface area contributed by atoms with E-state index in [1.165, 1.54) is 4.88 Å². The standard InChI is InChI=1S/C27H37N3O3S/c1-22(31)30-15-12-27(13-16-30)11-5-6-14-29(20-23-8-7-19-34-23)17-18-33-25-10-4-3-9-24(25)26(32)28(2)21-27/h3-4,7-10,19H,5-6,11-18,20-21H2,1-2H3. The largest absolute Gasteiger partial charge is 0.491 e. The number of ether oxygens (including phenoxy) is 1. The van der Waals surface area contributed by atoms with E-state index >= 15 is 0 Å². The molecule has 6 nitrogen and oxygen atoms in total. The van der Waals surface area contributed by atoms with Crippen LogP contribution in [0.25, 0.3) is 0 Å². The van der Waals surface area contributed by atoms with E-state index in [1.807, 2.05) is 41.1 Å². The fourth-order valence-electron chi connectivity index (χ4n) is 5.35. The number of thiophene rings is 1. The highest BCUT2D eigenvalue weighted by atomic mass is 32.1. The van der Waals surface area contributed by atoms with Gasteiger partial charge in [-0.25, -0.2) is 0 Å². The maximum absolute atomic E-state index is 13.5. The number of para-hydroxylation sites is 1. The number of nitrogens with zero attached hydrogens (tertiary/aromatic N) is 3. The molecule has 0 radical (unpaired) electrons. The number of hydrogen-bond donors (Lipinski definition) is 0. The highest BCUT2D eigenvalue weighted by molar-refractivity contribution is 7.09. The first-order chi connectivity index (χ1) is 16.5. The molecule has 0 saturated carbocycles. The average Bonchev–Trinajstić information content (AvgIpc) is 3.34. The molecule has 0 N–H and O–H groups in total. The number of piperidine rings is 1. The number of amides is 2. The molecule has 2 aliphatic rings. The summed E-state index contributed by atoms with van der Waals surface area (Å²) in [6, 6.07) is 11.9. The monoisotopic (exact) mass is 483 g/mol. The predicted molar refractivity (Wildman–Crippen MR) is 136 cm³/mol. The van der Waals surface area contributed by atoms with E-state index in [0.717, 1.165) is 64.8 Å². The summed E-state index contributed by atoms with van der Waals surface area (Å²) in [4.78, 5) is 33.0. The molecule has 0 aliphatic carbocycles. The Morgan fingerprint density at radius 2 is 1.82 bits per heavy atom. The third-order valence-corrected chi connectivity index (χ3v) is 8.22. The number of hydrogen-bond acceptors (Lipinski definition) is 5. The molecule has 184 valence electrons. The van der Waals surface area contributed by atoms with E-state index in [2.05, 4.69) is 22.4 Å². The SMILES string of the molecule is CC(=O)N1CCC2(CCCCN(Cc3cccs3)CCOc3ccccc3C(=O)N(C)C2)CC1. The summed E-state index contributed by atoms with van der Waals surface area (Å²) in [5.41, 5.74) is 0.678. The lowest BCUT2D eigenvalue weighted by atomic mass is 9.74. The minimum atomic E-state index is 0.0106. The van der Waals surface area contributed by atoms with E-state index in [1.54, 1.807) is 18.3 Å². The summed E-state index contributed by atoms with van der Waals surface area (Å²) in [7, 11) is 1.91. The predicted octanol–water partition coefficient (Wildman–Crippen LogP) is 4.51. The lowest BCUT2D eigenvalue weighted by molar-refractivity contribution is -0.131. The van der Waals surface area contributed by atoms with Crippen molar-refractivity contribution in [2.75, 3.05) is 46.4 Å². The quantitative estimate of drug-likeness (QED) is 0.631. The number of fused-ring (bicyclic) bond motifs is 1. The molecule has 1 saturated heterocycles. The van der Waals surface area contributed by atoms with Crippen LogP contribution in [0, 0.1) is 5.41 Å². The van der Waals surface area contributed by atoms with Crippen LogP contribution in [0.15, 0.2) is 41.8 Å². The Hall–Kier alpha value is -2.38. The van der Waals surface area contributed by atoms with Gasteiger partial charge in [-0.1, -0.05) is 24.6 Å². The van der Waals surface area contributed by atoms with Gasteiger partial charge in [0, 0.05) is 51.6 Å². The summed E-state index contributed by atoms with van der Waals surface area (Å²) in [5.74, 6) is 0.819. The third kappa shape index (κ3) is 6.19. The molecular formula is C27H37N3O3S. The minimum Gasteiger partial charge on any atom is -0.491 e. The molecule has 1 aromatic carbocycles. The first-order valence-corrected chi connectivity index (χ1v) is 13.3. The zero-order valence-corrected chi connectivity index (χ0v) is 21.3. The van der Waals surface area contributed by atoms with Gasteiger partial charge in [-0.3, -0.25) is 14.5 Å². The molecule has 34 heavy (non-hydrogen) atoms. The second-order valence-electron chi connectivity index (χ2n) is 9.82. The van der Waals surface area contributed by atoms with Crippen LogP contribution < -0.4 is 4.74 Å². The minimum absolute atomic E-state index is 0.0106. The van der Waals surface area contributed by atoms with Gasteiger partial charge in [0.15, 0.2) is 0 Å². The Bertz CT molecular complexity index is 954. The van der Waals surface area contributed by atoms with Crippen molar-refractivity contribution in [3.05, 3.63) is 52.2 Å². The number of carbonyl (C=O) groups is 2. The zero-order chi connectivity index (χ0) is 24.0. The van der Waals surface area contributed by atoms with Crippen LogP contribution in [-0.4, -0.2) is 72.9 Å². The maximum Gasteiger partial charge on any atom is 0.257 e. The van der Waals surface area contributed by atoms with Crippen molar-refractivity contribution in [3.8, 4) is 5.75 Å².